The van der Waals surface area contributed by atoms with Crippen LogP contribution in [0.2, 0.25) is 0 Å². The first-order valence-corrected chi connectivity index (χ1v) is 12.1. The first-order chi connectivity index (χ1) is 16.0. The number of rotatable bonds is 8. The molecule has 1 nitrogen and oxygen atoms in total. The van der Waals surface area contributed by atoms with E-state index in [2.05, 4.69) is 148 Å². The molecule has 4 rings (SSSR count). The van der Waals surface area contributed by atoms with Gasteiger partial charge in [0, 0.05) is 16.8 Å². The molecule has 0 bridgehead atoms. The fourth-order valence-electron chi connectivity index (χ4n) is 4.94. The molecule has 0 spiro atoms. The molecule has 0 aliphatic rings. The van der Waals surface area contributed by atoms with Crippen molar-refractivity contribution in [2.24, 2.45) is 0 Å². The lowest BCUT2D eigenvalue weighted by atomic mass is 9.73. The van der Waals surface area contributed by atoms with Gasteiger partial charge in [-0.3, -0.25) is 0 Å². The fourth-order valence-corrected chi connectivity index (χ4v) is 4.94. The first-order valence-electron chi connectivity index (χ1n) is 12.1. The molecule has 4 aromatic rings. The topological polar surface area (TPSA) is 3.24 Å². The zero-order valence-electron chi connectivity index (χ0n) is 20.3. The lowest BCUT2D eigenvalue weighted by Crippen LogP contribution is -2.40. The summed E-state index contributed by atoms with van der Waals surface area (Å²) in [6, 6.07) is 41.7. The third-order valence-corrected chi connectivity index (χ3v) is 7.47. The summed E-state index contributed by atoms with van der Waals surface area (Å²) in [5.41, 5.74) is 6.29. The molecule has 1 heteroatoms. The molecule has 0 aliphatic heterocycles. The van der Waals surface area contributed by atoms with E-state index in [0.29, 0.717) is 0 Å². The largest absolute Gasteiger partial charge is 0.331 e. The van der Waals surface area contributed by atoms with E-state index in [-0.39, 0.29) is 11.0 Å². The van der Waals surface area contributed by atoms with Gasteiger partial charge < -0.3 is 4.90 Å². The Kier molecular flexibility index (Phi) is 6.70. The number of benzene rings is 4. The number of para-hydroxylation sites is 2. The Morgan fingerprint density at radius 2 is 0.879 bits per heavy atom. The zero-order valence-corrected chi connectivity index (χ0v) is 20.3. The lowest BCUT2D eigenvalue weighted by Gasteiger charge is -2.43. The maximum atomic E-state index is 2.48. The van der Waals surface area contributed by atoms with Crippen molar-refractivity contribution in [1.82, 2.24) is 0 Å². The van der Waals surface area contributed by atoms with Crippen molar-refractivity contribution < 1.29 is 0 Å². The van der Waals surface area contributed by atoms with Gasteiger partial charge in [-0.25, -0.2) is 0 Å². The Hall–Kier alpha value is -3.32. The third kappa shape index (κ3) is 4.33. The van der Waals surface area contributed by atoms with Crippen LogP contribution in [-0.2, 0) is 11.0 Å². The molecule has 2 unspecified atom stereocenters. The average molecular weight is 434 g/mol. The second-order valence-corrected chi connectivity index (χ2v) is 9.26. The van der Waals surface area contributed by atoms with Crippen LogP contribution in [-0.4, -0.2) is 0 Å². The van der Waals surface area contributed by atoms with Gasteiger partial charge in [-0.1, -0.05) is 112 Å². The highest BCUT2D eigenvalue weighted by Gasteiger charge is 2.34. The minimum Gasteiger partial charge on any atom is -0.331 e. The standard InChI is InChI=1S/C32H35N/c1-5-31(3,26-16-10-7-11-17-26)27-22-24-28(25-23-27)32(4,6-2)33(29-18-12-8-13-19-29)30-20-14-9-15-21-30/h7-25H,5-6H2,1-4H3. The molecule has 0 aromatic heterocycles. The fraction of sp³-hybridized carbons (Fsp3) is 0.250. The van der Waals surface area contributed by atoms with E-state index in [4.69, 9.17) is 0 Å². The Morgan fingerprint density at radius 1 is 0.485 bits per heavy atom. The van der Waals surface area contributed by atoms with Crippen LogP contribution in [0.4, 0.5) is 11.4 Å². The summed E-state index contributed by atoms with van der Waals surface area (Å²) in [4.78, 5) is 2.48. The Balaban J connectivity index is 1.78. The monoisotopic (exact) mass is 433 g/mol. The van der Waals surface area contributed by atoms with Crippen LogP contribution >= 0.6 is 0 Å². The van der Waals surface area contributed by atoms with Gasteiger partial charge in [0.1, 0.15) is 0 Å². The quantitative estimate of drug-likeness (QED) is 0.268. The van der Waals surface area contributed by atoms with Gasteiger partial charge >= 0.3 is 0 Å². The van der Waals surface area contributed by atoms with Gasteiger partial charge in [-0.15, -0.1) is 0 Å². The molecule has 0 saturated carbocycles. The van der Waals surface area contributed by atoms with Crippen LogP contribution < -0.4 is 4.90 Å². The maximum absolute atomic E-state index is 2.48. The molecule has 0 fully saturated rings. The number of anilines is 2. The molecule has 33 heavy (non-hydrogen) atoms. The van der Waals surface area contributed by atoms with Crippen LogP contribution in [0.15, 0.2) is 115 Å². The van der Waals surface area contributed by atoms with Crippen molar-refractivity contribution in [2.45, 2.75) is 51.5 Å². The van der Waals surface area contributed by atoms with Crippen LogP contribution in [0.25, 0.3) is 0 Å². The molecule has 0 aliphatic carbocycles. The van der Waals surface area contributed by atoms with E-state index in [0.717, 1.165) is 12.8 Å². The van der Waals surface area contributed by atoms with Crippen LogP contribution in [0.1, 0.15) is 57.2 Å². The molecule has 0 amide bonds. The summed E-state index contributed by atoms with van der Waals surface area (Å²) in [5.74, 6) is 0. The summed E-state index contributed by atoms with van der Waals surface area (Å²) < 4.78 is 0. The molecule has 4 aromatic carbocycles. The van der Waals surface area contributed by atoms with Gasteiger partial charge in [-0.2, -0.15) is 0 Å². The third-order valence-electron chi connectivity index (χ3n) is 7.47. The number of nitrogens with zero attached hydrogens (tertiary/aromatic N) is 1. The van der Waals surface area contributed by atoms with Crippen LogP contribution in [0, 0.1) is 0 Å². The van der Waals surface area contributed by atoms with Crippen LogP contribution in [0.5, 0.6) is 0 Å². The first kappa shape index (κ1) is 22.9. The molecule has 0 radical (unpaired) electrons. The van der Waals surface area contributed by atoms with Gasteiger partial charge in [0.05, 0.1) is 5.54 Å². The van der Waals surface area contributed by atoms with Gasteiger partial charge in [0.2, 0.25) is 0 Å². The maximum Gasteiger partial charge on any atom is 0.0671 e. The van der Waals surface area contributed by atoms with Crippen molar-refractivity contribution >= 4 is 11.4 Å². The summed E-state index contributed by atoms with van der Waals surface area (Å²) >= 11 is 0. The highest BCUT2D eigenvalue weighted by molar-refractivity contribution is 5.66. The molecular formula is C32H35N. The molecule has 168 valence electrons. The van der Waals surface area contributed by atoms with Gasteiger partial charge in [0.25, 0.3) is 0 Å². The smallest absolute Gasteiger partial charge is 0.0671 e. The van der Waals surface area contributed by atoms with E-state index < -0.39 is 0 Å². The molecule has 0 N–H and O–H groups in total. The predicted molar refractivity (Wildman–Crippen MR) is 142 cm³/mol. The SMILES string of the molecule is CCC(C)(c1ccccc1)c1ccc(C(C)(CC)N(c2ccccc2)c2ccccc2)cc1. The second kappa shape index (κ2) is 9.67. The molecular weight excluding hydrogens is 398 g/mol. The minimum atomic E-state index is -0.184. The molecule has 0 saturated heterocycles. The lowest BCUT2D eigenvalue weighted by molar-refractivity contribution is 0.463. The van der Waals surface area contributed by atoms with Gasteiger partial charge in [-0.05, 0) is 60.7 Å². The predicted octanol–water partition coefficient (Wildman–Crippen LogP) is 8.87. The van der Waals surface area contributed by atoms with Crippen molar-refractivity contribution in [2.75, 3.05) is 4.90 Å². The normalized spacial score (nSPS) is 14.8. The van der Waals surface area contributed by atoms with E-state index >= 15 is 0 Å². The average Bonchev–Trinajstić information content (AvgIpc) is 2.90. The minimum absolute atomic E-state index is 0.000946. The summed E-state index contributed by atoms with van der Waals surface area (Å²) in [6.07, 6.45) is 2.04. The summed E-state index contributed by atoms with van der Waals surface area (Å²) in [7, 11) is 0. The number of hydrogen-bond acceptors (Lipinski definition) is 1. The number of hydrogen-bond donors (Lipinski definition) is 0. The highest BCUT2D eigenvalue weighted by atomic mass is 15.2. The second-order valence-electron chi connectivity index (χ2n) is 9.26. The van der Waals surface area contributed by atoms with E-state index in [1.165, 1.54) is 28.1 Å². The Bertz CT molecular complexity index is 1100. The summed E-state index contributed by atoms with van der Waals surface area (Å²) in [5, 5.41) is 0. The summed E-state index contributed by atoms with van der Waals surface area (Å²) in [6.45, 7) is 9.28. The van der Waals surface area contributed by atoms with Gasteiger partial charge in [0.15, 0.2) is 0 Å². The molecule has 2 atom stereocenters. The Labute approximate surface area is 199 Å². The molecule has 0 heterocycles. The van der Waals surface area contributed by atoms with Crippen molar-refractivity contribution in [3.05, 3.63) is 132 Å². The van der Waals surface area contributed by atoms with E-state index in [1.807, 2.05) is 0 Å². The van der Waals surface area contributed by atoms with Crippen LogP contribution in [0.3, 0.4) is 0 Å². The van der Waals surface area contributed by atoms with Crippen molar-refractivity contribution in [3.63, 3.8) is 0 Å². The Morgan fingerprint density at radius 3 is 1.30 bits per heavy atom. The van der Waals surface area contributed by atoms with E-state index in [1.54, 1.807) is 0 Å². The van der Waals surface area contributed by atoms with Crippen molar-refractivity contribution in [3.8, 4) is 0 Å². The van der Waals surface area contributed by atoms with Crippen molar-refractivity contribution in [1.29, 1.82) is 0 Å². The van der Waals surface area contributed by atoms with E-state index in [9.17, 15) is 0 Å². The zero-order chi connectivity index (χ0) is 23.3. The highest BCUT2D eigenvalue weighted by Crippen LogP contribution is 2.43.